The molecule has 1 aromatic heterocycles. The number of benzene rings is 1. The second-order valence-corrected chi connectivity index (χ2v) is 6.75. The minimum absolute atomic E-state index is 0.244. The highest BCUT2D eigenvalue weighted by molar-refractivity contribution is 5.97. The summed E-state index contributed by atoms with van der Waals surface area (Å²) in [7, 11) is 0. The van der Waals surface area contributed by atoms with E-state index in [2.05, 4.69) is 10.4 Å². The van der Waals surface area contributed by atoms with Crippen LogP contribution >= 0.6 is 0 Å². The highest BCUT2D eigenvalue weighted by Gasteiger charge is 2.33. The quantitative estimate of drug-likeness (QED) is 0.892. The molecule has 1 aromatic carbocycles. The lowest BCUT2D eigenvalue weighted by Gasteiger charge is -2.20. The van der Waals surface area contributed by atoms with Crippen LogP contribution in [-0.4, -0.2) is 32.3 Å². The molecule has 7 heteroatoms. The summed E-state index contributed by atoms with van der Waals surface area (Å²) in [5.41, 5.74) is 1.30. The molecule has 1 amide bonds. The van der Waals surface area contributed by atoms with E-state index in [0.29, 0.717) is 12.1 Å². The number of carbonyl (C=O) groups excluding carboxylic acids is 1. The van der Waals surface area contributed by atoms with Crippen molar-refractivity contribution in [2.45, 2.75) is 45.1 Å². The maximum atomic E-state index is 13.2. The number of carboxylic acid groups (broad SMARTS) is 1. The van der Waals surface area contributed by atoms with Crippen LogP contribution in [0.1, 0.15) is 48.4 Å². The Kier molecular flexibility index (Phi) is 4.32. The molecule has 0 saturated carbocycles. The van der Waals surface area contributed by atoms with Crippen molar-refractivity contribution < 1.29 is 19.1 Å². The highest BCUT2D eigenvalue weighted by Crippen LogP contribution is 2.27. The van der Waals surface area contributed by atoms with Crippen molar-refractivity contribution >= 4 is 11.9 Å². The molecule has 2 N–H and O–H groups in total. The predicted molar refractivity (Wildman–Crippen MR) is 89.3 cm³/mol. The molecule has 1 heterocycles. The van der Waals surface area contributed by atoms with Gasteiger partial charge in [0.2, 0.25) is 0 Å². The van der Waals surface area contributed by atoms with Gasteiger partial charge in [-0.15, -0.1) is 0 Å². The van der Waals surface area contributed by atoms with Gasteiger partial charge in [-0.05, 0) is 63.8 Å². The molecule has 132 valence electrons. The van der Waals surface area contributed by atoms with Gasteiger partial charge >= 0.3 is 5.97 Å². The highest BCUT2D eigenvalue weighted by atomic mass is 19.1. The first-order valence-corrected chi connectivity index (χ1v) is 8.22. The summed E-state index contributed by atoms with van der Waals surface area (Å²) < 4.78 is 14.9. The molecular formula is C18H20FN3O3. The molecule has 0 fully saturated rings. The van der Waals surface area contributed by atoms with E-state index in [4.69, 9.17) is 0 Å². The number of carboxylic acids is 1. The monoisotopic (exact) mass is 345 g/mol. The van der Waals surface area contributed by atoms with Crippen molar-refractivity contribution in [2.75, 3.05) is 0 Å². The standard InChI is InChI=1S/C18H20FN3O3/c1-18(2,17(24)25)20-16(23)15-13-5-3-4-6-14(13)22(21-15)12-9-7-11(19)8-10-12/h7-10H,3-6H2,1-2H3,(H,20,23)(H,24,25). The molecule has 3 rings (SSSR count). The van der Waals surface area contributed by atoms with Crippen molar-refractivity contribution in [2.24, 2.45) is 0 Å². The normalized spacial score (nSPS) is 14.0. The van der Waals surface area contributed by atoms with Crippen molar-refractivity contribution in [1.82, 2.24) is 15.1 Å². The van der Waals surface area contributed by atoms with Crippen molar-refractivity contribution in [1.29, 1.82) is 0 Å². The van der Waals surface area contributed by atoms with E-state index in [0.717, 1.165) is 30.5 Å². The minimum atomic E-state index is -1.39. The van der Waals surface area contributed by atoms with Gasteiger partial charge in [0.25, 0.3) is 5.91 Å². The number of nitrogens with zero attached hydrogens (tertiary/aromatic N) is 2. The van der Waals surface area contributed by atoms with E-state index in [-0.39, 0.29) is 11.5 Å². The number of aliphatic carboxylic acids is 1. The molecule has 25 heavy (non-hydrogen) atoms. The Morgan fingerprint density at radius 2 is 1.84 bits per heavy atom. The number of hydrogen-bond donors (Lipinski definition) is 2. The molecule has 0 atom stereocenters. The van der Waals surface area contributed by atoms with Crippen LogP contribution in [-0.2, 0) is 17.6 Å². The number of rotatable bonds is 4. The van der Waals surface area contributed by atoms with Crippen molar-refractivity contribution in [3.8, 4) is 5.69 Å². The van der Waals surface area contributed by atoms with Gasteiger partial charge in [-0.2, -0.15) is 5.10 Å². The Morgan fingerprint density at radius 1 is 1.20 bits per heavy atom. The summed E-state index contributed by atoms with van der Waals surface area (Å²) in [5.74, 6) is -1.97. The molecule has 2 aromatic rings. The third-order valence-electron chi connectivity index (χ3n) is 4.43. The molecule has 0 saturated heterocycles. The SMILES string of the molecule is CC(C)(NC(=O)c1nn(-c2ccc(F)cc2)c2c1CCCC2)C(=O)O. The van der Waals surface area contributed by atoms with E-state index >= 15 is 0 Å². The van der Waals surface area contributed by atoms with Crippen LogP contribution < -0.4 is 5.32 Å². The summed E-state index contributed by atoms with van der Waals surface area (Å²) in [6.45, 7) is 2.85. The summed E-state index contributed by atoms with van der Waals surface area (Å²) in [6.07, 6.45) is 3.42. The molecule has 6 nitrogen and oxygen atoms in total. The fraction of sp³-hybridized carbons (Fsp3) is 0.389. The van der Waals surface area contributed by atoms with Crippen LogP contribution in [0.5, 0.6) is 0 Å². The first-order chi connectivity index (χ1) is 11.8. The van der Waals surface area contributed by atoms with Crippen molar-refractivity contribution in [3.63, 3.8) is 0 Å². The maximum Gasteiger partial charge on any atom is 0.328 e. The van der Waals surface area contributed by atoms with Gasteiger partial charge in [-0.1, -0.05) is 0 Å². The topological polar surface area (TPSA) is 84.2 Å². The summed E-state index contributed by atoms with van der Waals surface area (Å²) in [4.78, 5) is 23.9. The third-order valence-corrected chi connectivity index (χ3v) is 4.43. The Hall–Kier alpha value is -2.70. The molecule has 0 unspecified atom stereocenters. The van der Waals surface area contributed by atoms with E-state index in [1.807, 2.05) is 0 Å². The average molecular weight is 345 g/mol. The lowest BCUT2D eigenvalue weighted by Crippen LogP contribution is -2.50. The molecule has 1 aliphatic rings. The number of fused-ring (bicyclic) bond motifs is 1. The number of hydrogen-bond acceptors (Lipinski definition) is 3. The number of carbonyl (C=O) groups is 2. The van der Waals surface area contributed by atoms with Crippen LogP contribution in [0.15, 0.2) is 24.3 Å². The summed E-state index contributed by atoms with van der Waals surface area (Å²) in [6, 6.07) is 5.92. The Labute approximate surface area is 144 Å². The molecule has 0 radical (unpaired) electrons. The number of nitrogens with one attached hydrogen (secondary N) is 1. The average Bonchev–Trinajstić information content (AvgIpc) is 2.95. The van der Waals surface area contributed by atoms with Gasteiger partial charge in [0.05, 0.1) is 5.69 Å². The zero-order chi connectivity index (χ0) is 18.2. The second-order valence-electron chi connectivity index (χ2n) is 6.75. The summed E-state index contributed by atoms with van der Waals surface area (Å²) >= 11 is 0. The van der Waals surface area contributed by atoms with Gasteiger partial charge in [0, 0.05) is 11.3 Å². The smallest absolute Gasteiger partial charge is 0.328 e. The fourth-order valence-electron chi connectivity index (χ4n) is 2.97. The fourth-order valence-corrected chi connectivity index (χ4v) is 2.97. The second kappa shape index (κ2) is 6.31. The Bertz CT molecular complexity index is 825. The predicted octanol–water partition coefficient (Wildman–Crippen LogP) is 2.48. The van der Waals surface area contributed by atoms with Gasteiger partial charge in [-0.25, -0.2) is 13.9 Å². The zero-order valence-corrected chi connectivity index (χ0v) is 14.2. The van der Waals surface area contributed by atoms with E-state index in [9.17, 15) is 19.1 Å². The van der Waals surface area contributed by atoms with E-state index in [1.165, 1.54) is 26.0 Å². The molecule has 0 bridgehead atoms. The lowest BCUT2D eigenvalue weighted by molar-refractivity contribution is -0.143. The number of halogens is 1. The largest absolute Gasteiger partial charge is 0.480 e. The summed E-state index contributed by atoms with van der Waals surface area (Å²) in [5, 5.41) is 16.2. The first kappa shape index (κ1) is 17.1. The zero-order valence-electron chi connectivity index (χ0n) is 14.2. The van der Waals surface area contributed by atoms with Crippen LogP contribution in [0.3, 0.4) is 0 Å². The Balaban J connectivity index is 2.02. The van der Waals surface area contributed by atoms with Gasteiger partial charge < -0.3 is 10.4 Å². The van der Waals surface area contributed by atoms with Gasteiger partial charge in [0.1, 0.15) is 11.4 Å². The van der Waals surface area contributed by atoms with Crippen LogP contribution in [0, 0.1) is 5.82 Å². The van der Waals surface area contributed by atoms with Crippen molar-refractivity contribution in [3.05, 3.63) is 47.0 Å². The first-order valence-electron chi connectivity index (χ1n) is 8.22. The molecule has 0 spiro atoms. The maximum absolute atomic E-state index is 13.2. The van der Waals surface area contributed by atoms with E-state index in [1.54, 1.807) is 16.8 Å². The van der Waals surface area contributed by atoms with Crippen LogP contribution in [0.25, 0.3) is 5.69 Å². The number of amides is 1. The van der Waals surface area contributed by atoms with E-state index < -0.39 is 17.4 Å². The van der Waals surface area contributed by atoms with Gasteiger partial charge in [0.15, 0.2) is 5.69 Å². The minimum Gasteiger partial charge on any atom is -0.480 e. The lowest BCUT2D eigenvalue weighted by atomic mass is 9.95. The molecular weight excluding hydrogens is 325 g/mol. The van der Waals surface area contributed by atoms with Crippen LogP contribution in [0.4, 0.5) is 4.39 Å². The van der Waals surface area contributed by atoms with Crippen LogP contribution in [0.2, 0.25) is 0 Å². The molecule has 0 aliphatic heterocycles. The Morgan fingerprint density at radius 3 is 2.48 bits per heavy atom. The van der Waals surface area contributed by atoms with Gasteiger partial charge in [-0.3, -0.25) is 4.79 Å². The molecule has 1 aliphatic carbocycles. The number of aromatic nitrogens is 2. The third kappa shape index (κ3) is 3.26.